The van der Waals surface area contributed by atoms with Crippen LogP contribution in [0, 0.1) is 35.0 Å². The number of thioether (sulfide) groups is 1. The highest BCUT2D eigenvalue weighted by Crippen LogP contribution is 2.51. The molecule has 2 aliphatic rings. The molecule has 1 aliphatic heterocycles. The lowest BCUT2D eigenvalue weighted by Gasteiger charge is -2.42. The number of ketones is 1. The Balaban J connectivity index is 1.43. The Morgan fingerprint density at radius 2 is 1.95 bits per heavy atom. The van der Waals surface area contributed by atoms with Gasteiger partial charge >= 0.3 is 0 Å². The molecule has 1 aromatic carbocycles. The number of nitriles is 2. The van der Waals surface area contributed by atoms with E-state index in [0.717, 1.165) is 16.1 Å². The Morgan fingerprint density at radius 3 is 2.60 bits per heavy atom. The summed E-state index contributed by atoms with van der Waals surface area (Å²) in [6.45, 7) is 6.07. The highest BCUT2D eigenvalue weighted by molar-refractivity contribution is 8.01. The van der Waals surface area contributed by atoms with Crippen molar-refractivity contribution in [3.05, 3.63) is 74.4 Å². The number of rotatable bonds is 6. The van der Waals surface area contributed by atoms with Crippen molar-refractivity contribution < 1.29 is 9.59 Å². The van der Waals surface area contributed by atoms with Gasteiger partial charge in [-0.15, -0.1) is 21.5 Å². The largest absolute Gasteiger partial charge is 0.384 e. The molecule has 202 valence electrons. The van der Waals surface area contributed by atoms with Crippen LogP contribution in [0.1, 0.15) is 48.6 Å². The SMILES string of the molecule is Cc1ccsc1C1C(C#N)=C(N)N(c2nnc(SCC(=O)Nc3ccc(C#N)cc3)s2)C2=C1C(=O)CC(C)(C)C2. The fraction of sp³-hybridized carbons (Fsp3) is 0.286. The third kappa shape index (κ3) is 5.26. The van der Waals surface area contributed by atoms with Crippen LogP contribution in [-0.4, -0.2) is 27.6 Å². The molecule has 9 nitrogen and oxygen atoms in total. The predicted molar refractivity (Wildman–Crippen MR) is 157 cm³/mol. The highest BCUT2D eigenvalue weighted by atomic mass is 32.2. The summed E-state index contributed by atoms with van der Waals surface area (Å²) in [6.07, 6.45) is 0.967. The molecule has 0 saturated heterocycles. The van der Waals surface area contributed by atoms with Gasteiger partial charge in [0.25, 0.3) is 0 Å². The summed E-state index contributed by atoms with van der Waals surface area (Å²) < 4.78 is 0.552. The zero-order valence-electron chi connectivity index (χ0n) is 22.0. The van der Waals surface area contributed by atoms with E-state index in [0.29, 0.717) is 44.7 Å². The number of aromatic nitrogens is 2. The summed E-state index contributed by atoms with van der Waals surface area (Å²) in [5, 5.41) is 33.0. The molecule has 1 aliphatic carbocycles. The van der Waals surface area contributed by atoms with E-state index in [1.54, 1.807) is 29.2 Å². The van der Waals surface area contributed by atoms with Crippen molar-refractivity contribution in [1.82, 2.24) is 10.2 Å². The zero-order valence-corrected chi connectivity index (χ0v) is 24.5. The van der Waals surface area contributed by atoms with Gasteiger partial charge in [0.2, 0.25) is 11.0 Å². The van der Waals surface area contributed by atoms with Gasteiger partial charge in [0.1, 0.15) is 5.82 Å². The van der Waals surface area contributed by atoms with Crippen molar-refractivity contribution in [2.24, 2.45) is 11.1 Å². The van der Waals surface area contributed by atoms with E-state index in [4.69, 9.17) is 11.0 Å². The number of allylic oxidation sites excluding steroid dienone is 3. The van der Waals surface area contributed by atoms with Gasteiger partial charge in [-0.25, -0.2) is 0 Å². The van der Waals surface area contributed by atoms with E-state index in [2.05, 4.69) is 21.6 Å². The Morgan fingerprint density at radius 1 is 1.20 bits per heavy atom. The monoisotopic (exact) mass is 587 g/mol. The minimum Gasteiger partial charge on any atom is -0.384 e. The second-order valence-corrected chi connectivity index (χ2v) is 13.5. The fourth-order valence-electron chi connectivity index (χ4n) is 4.97. The Bertz CT molecular complexity index is 1650. The summed E-state index contributed by atoms with van der Waals surface area (Å²) in [7, 11) is 0. The average molecular weight is 588 g/mol. The van der Waals surface area contributed by atoms with Crippen molar-refractivity contribution in [3.8, 4) is 12.1 Å². The molecular weight excluding hydrogens is 563 g/mol. The molecule has 0 spiro atoms. The number of carbonyl (C=O) groups excluding carboxylic acids is 2. The molecule has 5 rings (SSSR count). The molecule has 1 amide bonds. The molecule has 3 N–H and O–H groups in total. The van der Waals surface area contributed by atoms with Gasteiger partial charge in [0.15, 0.2) is 10.1 Å². The first kappa shape index (κ1) is 27.6. The number of carbonyl (C=O) groups is 2. The van der Waals surface area contributed by atoms with Crippen LogP contribution in [-0.2, 0) is 9.59 Å². The maximum atomic E-state index is 13.6. The standard InChI is InChI=1S/C28H25N7O2S3/c1-15-8-9-38-24(15)22-18(13-30)25(31)35(19-10-28(2,3)11-20(36)23(19)22)26-33-34-27(40-26)39-14-21(37)32-17-6-4-16(12-29)5-7-17/h4-9,22H,10-11,14,31H2,1-3H3,(H,32,37). The number of amides is 1. The van der Waals surface area contributed by atoms with Crippen molar-refractivity contribution in [1.29, 1.82) is 10.5 Å². The van der Waals surface area contributed by atoms with Crippen molar-refractivity contribution in [2.75, 3.05) is 16.0 Å². The van der Waals surface area contributed by atoms with Gasteiger partial charge in [-0.1, -0.05) is 36.9 Å². The first-order valence-electron chi connectivity index (χ1n) is 12.4. The van der Waals surface area contributed by atoms with Crippen molar-refractivity contribution >= 4 is 56.9 Å². The minimum atomic E-state index is -0.507. The van der Waals surface area contributed by atoms with Gasteiger partial charge in [-0.2, -0.15) is 10.5 Å². The van der Waals surface area contributed by atoms with E-state index in [1.165, 1.54) is 34.4 Å². The molecule has 1 unspecified atom stereocenters. The van der Waals surface area contributed by atoms with Gasteiger partial charge in [0.05, 0.1) is 34.9 Å². The Hall–Kier alpha value is -3.97. The second-order valence-electron chi connectivity index (χ2n) is 10.3. The minimum absolute atomic E-state index is 0.00730. The second kappa shape index (κ2) is 10.9. The highest BCUT2D eigenvalue weighted by Gasteiger charge is 2.46. The van der Waals surface area contributed by atoms with Crippen LogP contribution >= 0.6 is 34.4 Å². The predicted octanol–water partition coefficient (Wildman–Crippen LogP) is 5.45. The number of thiophene rings is 1. The third-order valence-corrected chi connectivity index (χ3v) is 9.88. The Labute approximate surface area is 244 Å². The Kier molecular flexibility index (Phi) is 7.51. The van der Waals surface area contributed by atoms with Crippen molar-refractivity contribution in [2.45, 2.75) is 43.9 Å². The molecular formula is C28H25N7O2S3. The van der Waals surface area contributed by atoms with E-state index < -0.39 is 5.92 Å². The smallest absolute Gasteiger partial charge is 0.234 e. The van der Waals surface area contributed by atoms with Gasteiger partial charge < -0.3 is 11.1 Å². The number of aryl methyl sites for hydroxylation is 1. The molecule has 1 atom stereocenters. The van der Waals surface area contributed by atoms with Crippen LogP contribution in [0.25, 0.3) is 0 Å². The van der Waals surface area contributed by atoms with E-state index in [9.17, 15) is 14.9 Å². The van der Waals surface area contributed by atoms with Crippen LogP contribution < -0.4 is 16.0 Å². The number of Topliss-reactive ketones (excluding diaryl/α,β-unsaturated/α-hetero) is 1. The van der Waals surface area contributed by atoms with E-state index in [1.807, 2.05) is 38.3 Å². The van der Waals surface area contributed by atoms with Gasteiger partial charge in [-0.3, -0.25) is 14.5 Å². The number of hydrogen-bond acceptors (Lipinski definition) is 11. The molecule has 0 bridgehead atoms. The maximum absolute atomic E-state index is 13.6. The topological polar surface area (TPSA) is 149 Å². The molecule has 12 heteroatoms. The number of anilines is 2. The van der Waals surface area contributed by atoms with Gasteiger partial charge in [-0.05, 0) is 60.0 Å². The van der Waals surface area contributed by atoms with Crippen LogP contribution in [0.2, 0.25) is 0 Å². The van der Waals surface area contributed by atoms with Crippen LogP contribution in [0.4, 0.5) is 10.8 Å². The average Bonchev–Trinajstić information content (AvgIpc) is 3.55. The molecule has 0 fully saturated rings. The molecule has 2 aromatic heterocycles. The molecule has 40 heavy (non-hydrogen) atoms. The zero-order chi connectivity index (χ0) is 28.6. The number of nitrogens with zero attached hydrogens (tertiary/aromatic N) is 5. The lowest BCUT2D eigenvalue weighted by atomic mass is 9.69. The number of nitrogens with one attached hydrogen (secondary N) is 1. The normalized spacial score (nSPS) is 18.3. The summed E-state index contributed by atoms with van der Waals surface area (Å²) in [5.74, 6) is -0.381. The molecule has 3 aromatic rings. The van der Waals surface area contributed by atoms with E-state index in [-0.39, 0.29) is 28.7 Å². The first-order valence-corrected chi connectivity index (χ1v) is 15.1. The third-order valence-electron chi connectivity index (χ3n) is 6.76. The lowest BCUT2D eigenvalue weighted by Crippen LogP contribution is -2.42. The molecule has 3 heterocycles. The number of benzene rings is 1. The van der Waals surface area contributed by atoms with Gasteiger partial charge in [0, 0.05) is 28.3 Å². The maximum Gasteiger partial charge on any atom is 0.234 e. The fourth-order valence-corrected chi connectivity index (χ4v) is 7.70. The summed E-state index contributed by atoms with van der Waals surface area (Å²) in [4.78, 5) is 28.8. The number of nitrogens with two attached hydrogens (primary N) is 1. The summed E-state index contributed by atoms with van der Waals surface area (Å²) >= 11 is 4.00. The lowest BCUT2D eigenvalue weighted by molar-refractivity contribution is -0.118. The first-order chi connectivity index (χ1) is 19.1. The summed E-state index contributed by atoms with van der Waals surface area (Å²) in [5.41, 5.74) is 10.2. The van der Waals surface area contributed by atoms with Crippen molar-refractivity contribution in [3.63, 3.8) is 0 Å². The summed E-state index contributed by atoms with van der Waals surface area (Å²) in [6, 6.07) is 12.9. The molecule has 0 saturated carbocycles. The molecule has 0 radical (unpaired) electrons. The van der Waals surface area contributed by atoms with E-state index >= 15 is 0 Å². The number of hydrogen-bond donors (Lipinski definition) is 2. The quantitative estimate of drug-likeness (QED) is 0.359. The van der Waals surface area contributed by atoms with Crippen LogP contribution in [0.5, 0.6) is 0 Å². The van der Waals surface area contributed by atoms with Crippen LogP contribution in [0.3, 0.4) is 0 Å². The van der Waals surface area contributed by atoms with Crippen LogP contribution in [0.15, 0.2) is 62.7 Å².